The van der Waals surface area contributed by atoms with Gasteiger partial charge in [0.15, 0.2) is 6.61 Å². The first-order chi connectivity index (χ1) is 12.1. The number of alkyl halides is 3. The summed E-state index contributed by atoms with van der Waals surface area (Å²) in [7, 11) is 0. The zero-order chi connectivity index (χ0) is 19.1. The number of benzene rings is 1. The second kappa shape index (κ2) is 6.57. The summed E-state index contributed by atoms with van der Waals surface area (Å²) in [5, 5.41) is 14.5. The Morgan fingerprint density at radius 3 is 2.77 bits per heavy atom. The van der Waals surface area contributed by atoms with Gasteiger partial charge in [-0.2, -0.15) is 23.3 Å². The maximum Gasteiger partial charge on any atom is 0.439 e. The van der Waals surface area contributed by atoms with E-state index in [0.29, 0.717) is 25.0 Å². The number of hydrogen-bond acceptors (Lipinski definition) is 4. The molecule has 1 saturated carbocycles. The molecule has 0 saturated heterocycles. The van der Waals surface area contributed by atoms with Crippen molar-refractivity contribution in [1.29, 1.82) is 0 Å². The molecule has 142 valence electrons. The summed E-state index contributed by atoms with van der Waals surface area (Å²) < 4.78 is 46.3. The van der Waals surface area contributed by atoms with Gasteiger partial charge in [-0.25, -0.2) is 0 Å². The molecule has 5 nitrogen and oxygen atoms in total. The minimum atomic E-state index is -5.00. The zero-order valence-corrected chi connectivity index (χ0v) is 14.6. The highest BCUT2D eigenvalue weighted by molar-refractivity contribution is 5.93. The lowest BCUT2D eigenvalue weighted by Gasteiger charge is -2.38. The van der Waals surface area contributed by atoms with Gasteiger partial charge in [0.05, 0.1) is 5.92 Å². The molecule has 0 spiro atoms. The second-order valence-electron chi connectivity index (χ2n) is 6.88. The number of aryl methyl sites for hydroxylation is 2. The molecule has 8 heteroatoms. The van der Waals surface area contributed by atoms with Crippen LogP contribution in [-0.4, -0.2) is 40.2 Å². The van der Waals surface area contributed by atoms with Gasteiger partial charge < -0.3 is 9.84 Å². The highest BCUT2D eigenvalue weighted by Crippen LogP contribution is 2.48. The summed E-state index contributed by atoms with van der Waals surface area (Å²) in [6.07, 6.45) is -3.25. The van der Waals surface area contributed by atoms with Gasteiger partial charge >= 0.3 is 6.18 Å². The van der Waals surface area contributed by atoms with E-state index in [1.807, 2.05) is 13.0 Å². The van der Waals surface area contributed by atoms with Crippen LogP contribution in [0, 0.1) is 19.8 Å². The molecule has 0 aromatic heterocycles. The Labute approximate surface area is 149 Å². The summed E-state index contributed by atoms with van der Waals surface area (Å²) in [5.41, 5.74) is -1.30. The van der Waals surface area contributed by atoms with Crippen molar-refractivity contribution < 1.29 is 27.8 Å². The van der Waals surface area contributed by atoms with Crippen LogP contribution < -0.4 is 4.74 Å². The number of nitrogens with zero attached hydrogens (tertiary/aromatic N) is 2. The van der Waals surface area contributed by atoms with Gasteiger partial charge in [-0.1, -0.05) is 24.1 Å². The largest absolute Gasteiger partial charge is 0.483 e. The molecule has 1 aromatic carbocycles. The van der Waals surface area contributed by atoms with Crippen molar-refractivity contribution in [2.24, 2.45) is 11.0 Å². The van der Waals surface area contributed by atoms with Gasteiger partial charge in [0, 0.05) is 5.71 Å². The van der Waals surface area contributed by atoms with Crippen molar-refractivity contribution in [3.8, 4) is 5.75 Å². The molecule has 2 atom stereocenters. The van der Waals surface area contributed by atoms with Crippen molar-refractivity contribution in [2.45, 2.75) is 51.4 Å². The fraction of sp³-hybridized carbons (Fsp3) is 0.556. The number of aliphatic hydroxyl groups is 1. The minimum Gasteiger partial charge on any atom is -0.483 e. The summed E-state index contributed by atoms with van der Waals surface area (Å²) in [4.78, 5) is 12.4. The molecule has 26 heavy (non-hydrogen) atoms. The first-order valence-electron chi connectivity index (χ1n) is 8.54. The zero-order valence-electron chi connectivity index (χ0n) is 14.6. The lowest BCUT2D eigenvalue weighted by atomic mass is 9.80. The van der Waals surface area contributed by atoms with Crippen LogP contribution >= 0.6 is 0 Å². The number of ether oxygens (including phenoxy) is 1. The van der Waals surface area contributed by atoms with E-state index in [-0.39, 0.29) is 17.1 Å². The van der Waals surface area contributed by atoms with E-state index in [0.717, 1.165) is 11.1 Å². The first kappa shape index (κ1) is 18.7. The molecule has 0 bridgehead atoms. The minimum absolute atomic E-state index is 0.149. The maximum absolute atomic E-state index is 13.6. The number of halogens is 3. The molecule has 1 amide bonds. The van der Waals surface area contributed by atoms with E-state index in [1.165, 1.54) is 0 Å². The predicted molar refractivity (Wildman–Crippen MR) is 88.7 cm³/mol. The standard InChI is InChI=1S/C18H21F3N2O3/c1-11-7-8-15(12(2)9-11)26-10-16(24)23-17(25,18(19,20)21)13-5-3-4-6-14(13)22-23/h7-9,13,25H,3-6,10H2,1-2H3. The Hall–Kier alpha value is -2.09. The Balaban J connectivity index is 1.81. The van der Waals surface area contributed by atoms with Crippen LogP contribution in [0.5, 0.6) is 5.75 Å². The number of rotatable bonds is 3. The Morgan fingerprint density at radius 1 is 1.38 bits per heavy atom. The van der Waals surface area contributed by atoms with Crippen molar-refractivity contribution in [1.82, 2.24) is 5.01 Å². The molecule has 0 radical (unpaired) electrons. The molecular weight excluding hydrogens is 349 g/mol. The number of amides is 1. The average Bonchev–Trinajstić information content (AvgIpc) is 2.88. The van der Waals surface area contributed by atoms with Crippen molar-refractivity contribution in [2.75, 3.05) is 6.61 Å². The van der Waals surface area contributed by atoms with Crippen LogP contribution in [0.15, 0.2) is 23.3 Å². The number of carbonyl (C=O) groups excluding carboxylic acids is 1. The molecule has 1 aliphatic heterocycles. The maximum atomic E-state index is 13.6. The van der Waals surface area contributed by atoms with Gasteiger partial charge in [-0.15, -0.1) is 0 Å². The summed E-state index contributed by atoms with van der Waals surface area (Å²) in [5.74, 6) is -1.82. The van der Waals surface area contributed by atoms with Crippen LogP contribution in [0.25, 0.3) is 0 Å². The number of carbonyl (C=O) groups is 1. The fourth-order valence-corrected chi connectivity index (χ4v) is 3.63. The molecule has 1 fully saturated rings. The molecule has 2 aliphatic rings. The van der Waals surface area contributed by atoms with Crippen LogP contribution in [0.4, 0.5) is 13.2 Å². The third-order valence-electron chi connectivity index (χ3n) is 4.95. The lowest BCUT2D eigenvalue weighted by molar-refractivity contribution is -0.317. The SMILES string of the molecule is Cc1ccc(OCC(=O)N2N=C3CCCCC3C2(O)C(F)(F)F)c(C)c1. The molecule has 1 aliphatic carbocycles. The van der Waals surface area contributed by atoms with Crippen LogP contribution in [0.1, 0.15) is 36.8 Å². The van der Waals surface area contributed by atoms with Crippen molar-refractivity contribution in [3.63, 3.8) is 0 Å². The van der Waals surface area contributed by atoms with E-state index in [1.54, 1.807) is 19.1 Å². The summed E-state index contributed by atoms with van der Waals surface area (Å²) in [6.45, 7) is 3.04. The van der Waals surface area contributed by atoms with Crippen LogP contribution in [-0.2, 0) is 4.79 Å². The molecule has 1 N–H and O–H groups in total. The van der Waals surface area contributed by atoms with E-state index < -0.39 is 30.3 Å². The fourth-order valence-electron chi connectivity index (χ4n) is 3.63. The van der Waals surface area contributed by atoms with E-state index in [9.17, 15) is 23.1 Å². The Kier molecular flexibility index (Phi) is 4.72. The van der Waals surface area contributed by atoms with Gasteiger partial charge in [0.1, 0.15) is 5.75 Å². The lowest BCUT2D eigenvalue weighted by Crippen LogP contribution is -2.62. The third-order valence-corrected chi connectivity index (χ3v) is 4.95. The molecule has 1 aromatic rings. The van der Waals surface area contributed by atoms with Gasteiger partial charge in [0.2, 0.25) is 0 Å². The Bertz CT molecular complexity index is 748. The van der Waals surface area contributed by atoms with Gasteiger partial charge in [0.25, 0.3) is 11.6 Å². The number of hydrazone groups is 1. The highest BCUT2D eigenvalue weighted by Gasteiger charge is 2.68. The average molecular weight is 370 g/mol. The smallest absolute Gasteiger partial charge is 0.439 e. The quantitative estimate of drug-likeness (QED) is 0.888. The highest BCUT2D eigenvalue weighted by atomic mass is 19.4. The van der Waals surface area contributed by atoms with Gasteiger partial charge in [-0.3, -0.25) is 4.79 Å². The topological polar surface area (TPSA) is 62.1 Å². The summed E-state index contributed by atoms with van der Waals surface area (Å²) >= 11 is 0. The van der Waals surface area contributed by atoms with Gasteiger partial charge in [-0.05, 0) is 44.7 Å². The second-order valence-corrected chi connectivity index (χ2v) is 6.88. The van der Waals surface area contributed by atoms with E-state index in [2.05, 4.69) is 5.10 Å². The van der Waals surface area contributed by atoms with Crippen molar-refractivity contribution in [3.05, 3.63) is 29.3 Å². The normalized spacial score (nSPS) is 25.7. The predicted octanol–water partition coefficient (Wildman–Crippen LogP) is 3.32. The Morgan fingerprint density at radius 2 is 2.12 bits per heavy atom. The molecule has 2 unspecified atom stereocenters. The number of fused-ring (bicyclic) bond motifs is 1. The van der Waals surface area contributed by atoms with E-state index >= 15 is 0 Å². The first-order valence-corrected chi connectivity index (χ1v) is 8.54. The molecular formula is C18H21F3N2O3. The van der Waals surface area contributed by atoms with E-state index in [4.69, 9.17) is 4.74 Å². The molecule has 1 heterocycles. The monoisotopic (exact) mass is 370 g/mol. The summed E-state index contributed by atoms with van der Waals surface area (Å²) in [6, 6.07) is 5.28. The van der Waals surface area contributed by atoms with Crippen molar-refractivity contribution >= 4 is 11.6 Å². The molecule has 3 rings (SSSR count). The number of hydrogen-bond donors (Lipinski definition) is 1. The van der Waals surface area contributed by atoms with Crippen LogP contribution in [0.3, 0.4) is 0 Å². The third kappa shape index (κ3) is 3.06. The van der Waals surface area contributed by atoms with Crippen LogP contribution in [0.2, 0.25) is 0 Å².